The Labute approximate surface area is 123 Å². The number of aromatic nitrogens is 1. The number of piperidine rings is 1. The average molecular weight is 276 g/mol. The van der Waals surface area contributed by atoms with Gasteiger partial charge in [-0.25, -0.2) is 4.98 Å². The number of rotatable bonds is 5. The molecule has 0 spiro atoms. The highest BCUT2D eigenvalue weighted by Gasteiger charge is 2.21. The van der Waals surface area contributed by atoms with Gasteiger partial charge in [-0.15, -0.1) is 0 Å². The number of hydrogen-bond donors (Lipinski definition) is 1. The Hall–Kier alpha value is -1.13. The van der Waals surface area contributed by atoms with E-state index in [-0.39, 0.29) is 0 Å². The van der Waals surface area contributed by atoms with Crippen LogP contribution in [-0.2, 0) is 13.0 Å². The van der Waals surface area contributed by atoms with Gasteiger partial charge in [0.15, 0.2) is 0 Å². The average Bonchev–Trinajstić information content (AvgIpc) is 2.47. The highest BCUT2D eigenvalue weighted by molar-refractivity contribution is 5.43. The Bertz CT molecular complexity index is 424. The number of pyridine rings is 1. The van der Waals surface area contributed by atoms with Crippen LogP contribution in [0.4, 0.5) is 5.82 Å². The Morgan fingerprint density at radius 2 is 2.05 bits per heavy atom. The summed E-state index contributed by atoms with van der Waals surface area (Å²) in [6.45, 7) is 5.45. The predicted octanol–water partition coefficient (Wildman–Crippen LogP) is 1.89. The molecule has 0 bridgehead atoms. The van der Waals surface area contributed by atoms with Gasteiger partial charge in [0.05, 0.1) is 0 Å². The number of hydrogen-bond acceptors (Lipinski definition) is 4. The molecule has 4 heteroatoms. The van der Waals surface area contributed by atoms with E-state index in [1.165, 1.54) is 37.2 Å². The first-order chi connectivity index (χ1) is 9.63. The molecule has 2 heterocycles. The lowest BCUT2D eigenvalue weighted by atomic mass is 10.0. The lowest BCUT2D eigenvalue weighted by molar-refractivity contribution is 0.252. The summed E-state index contributed by atoms with van der Waals surface area (Å²) >= 11 is 0. The minimum atomic E-state index is 0.619. The van der Waals surface area contributed by atoms with Crippen molar-refractivity contribution in [1.82, 2.24) is 15.2 Å². The zero-order valence-corrected chi connectivity index (χ0v) is 13.3. The highest BCUT2D eigenvalue weighted by atomic mass is 15.2. The predicted molar refractivity (Wildman–Crippen MR) is 85.3 cm³/mol. The Morgan fingerprint density at radius 1 is 1.35 bits per heavy atom. The van der Waals surface area contributed by atoms with Crippen LogP contribution in [0.1, 0.15) is 31.0 Å². The van der Waals surface area contributed by atoms with Gasteiger partial charge in [0, 0.05) is 25.3 Å². The van der Waals surface area contributed by atoms with E-state index in [9.17, 15) is 0 Å². The maximum absolute atomic E-state index is 4.81. The lowest BCUT2D eigenvalue weighted by Crippen LogP contribution is -2.42. The van der Waals surface area contributed by atoms with Crippen LogP contribution in [0.2, 0.25) is 0 Å². The third-order valence-electron chi connectivity index (χ3n) is 4.26. The molecule has 0 aliphatic carbocycles. The van der Waals surface area contributed by atoms with E-state index in [1.54, 1.807) is 0 Å². The van der Waals surface area contributed by atoms with Gasteiger partial charge in [-0.3, -0.25) is 0 Å². The fraction of sp³-hybridized carbons (Fsp3) is 0.688. The molecule has 0 atom stereocenters. The standard InChI is InChI=1S/C16H28N4/c1-5-14-10-13(12-17-2)11-16(18-14)20(4)15-6-8-19(3)9-7-15/h10-11,15,17H,5-9,12H2,1-4H3. The minimum Gasteiger partial charge on any atom is -0.357 e. The summed E-state index contributed by atoms with van der Waals surface area (Å²) in [5, 5.41) is 3.23. The van der Waals surface area contributed by atoms with E-state index in [4.69, 9.17) is 4.98 Å². The van der Waals surface area contributed by atoms with Crippen molar-refractivity contribution in [1.29, 1.82) is 0 Å². The van der Waals surface area contributed by atoms with Crippen molar-refractivity contribution in [3.8, 4) is 0 Å². The summed E-state index contributed by atoms with van der Waals surface area (Å²) in [5.41, 5.74) is 2.52. The summed E-state index contributed by atoms with van der Waals surface area (Å²) in [7, 11) is 6.39. The molecule has 2 rings (SSSR count). The van der Waals surface area contributed by atoms with Crippen LogP contribution in [-0.4, -0.2) is 50.2 Å². The van der Waals surface area contributed by atoms with E-state index < -0.39 is 0 Å². The molecule has 0 aromatic carbocycles. The third-order valence-corrected chi connectivity index (χ3v) is 4.26. The molecule has 0 amide bonds. The van der Waals surface area contributed by atoms with E-state index >= 15 is 0 Å². The van der Waals surface area contributed by atoms with Gasteiger partial charge in [-0.05, 0) is 64.1 Å². The molecule has 1 fully saturated rings. The van der Waals surface area contributed by atoms with Crippen LogP contribution >= 0.6 is 0 Å². The largest absolute Gasteiger partial charge is 0.357 e. The second-order valence-corrected chi connectivity index (χ2v) is 5.85. The number of nitrogens with zero attached hydrogens (tertiary/aromatic N) is 3. The topological polar surface area (TPSA) is 31.4 Å². The lowest BCUT2D eigenvalue weighted by Gasteiger charge is -2.36. The van der Waals surface area contributed by atoms with Crippen LogP contribution in [0.15, 0.2) is 12.1 Å². The summed E-state index contributed by atoms with van der Waals surface area (Å²) in [5.74, 6) is 1.13. The van der Waals surface area contributed by atoms with Gasteiger partial charge >= 0.3 is 0 Å². The van der Waals surface area contributed by atoms with Gasteiger partial charge in [0.25, 0.3) is 0 Å². The maximum Gasteiger partial charge on any atom is 0.129 e. The van der Waals surface area contributed by atoms with Crippen molar-refractivity contribution in [3.05, 3.63) is 23.4 Å². The number of aryl methyl sites for hydroxylation is 1. The molecular formula is C16H28N4. The molecular weight excluding hydrogens is 248 g/mol. The van der Waals surface area contributed by atoms with Crippen molar-refractivity contribution in [2.75, 3.05) is 39.1 Å². The minimum absolute atomic E-state index is 0.619. The van der Waals surface area contributed by atoms with E-state index in [1.807, 2.05) is 7.05 Å². The van der Waals surface area contributed by atoms with Gasteiger partial charge in [-0.2, -0.15) is 0 Å². The van der Waals surface area contributed by atoms with Crippen molar-refractivity contribution in [2.24, 2.45) is 0 Å². The van der Waals surface area contributed by atoms with Gasteiger partial charge in [-0.1, -0.05) is 6.92 Å². The summed E-state index contributed by atoms with van der Waals surface area (Å²) < 4.78 is 0. The van der Waals surface area contributed by atoms with Crippen LogP contribution in [0, 0.1) is 0 Å². The van der Waals surface area contributed by atoms with E-state index in [2.05, 4.69) is 48.3 Å². The quantitative estimate of drug-likeness (QED) is 0.890. The molecule has 0 unspecified atom stereocenters. The van der Waals surface area contributed by atoms with Crippen LogP contribution in [0.3, 0.4) is 0 Å². The summed E-state index contributed by atoms with van der Waals surface area (Å²) in [4.78, 5) is 9.60. The number of nitrogens with one attached hydrogen (secondary N) is 1. The highest BCUT2D eigenvalue weighted by Crippen LogP contribution is 2.22. The smallest absolute Gasteiger partial charge is 0.129 e. The monoisotopic (exact) mass is 276 g/mol. The van der Waals surface area contributed by atoms with Gasteiger partial charge < -0.3 is 15.1 Å². The Kier molecular flexibility index (Phi) is 5.38. The first-order valence-electron chi connectivity index (χ1n) is 7.69. The summed E-state index contributed by atoms with van der Waals surface area (Å²) in [6.07, 6.45) is 3.45. The van der Waals surface area contributed by atoms with Crippen LogP contribution < -0.4 is 10.2 Å². The number of anilines is 1. The molecule has 0 radical (unpaired) electrons. The first-order valence-corrected chi connectivity index (χ1v) is 7.69. The molecule has 1 aromatic heterocycles. The maximum atomic E-state index is 4.81. The Morgan fingerprint density at radius 3 is 2.65 bits per heavy atom. The van der Waals surface area contributed by atoms with Gasteiger partial charge in [0.2, 0.25) is 0 Å². The zero-order valence-electron chi connectivity index (χ0n) is 13.3. The molecule has 4 nitrogen and oxygen atoms in total. The SMILES string of the molecule is CCc1cc(CNC)cc(N(C)C2CCN(C)CC2)n1. The third kappa shape index (κ3) is 3.70. The van der Waals surface area contributed by atoms with Crippen molar-refractivity contribution in [3.63, 3.8) is 0 Å². The molecule has 1 saturated heterocycles. The fourth-order valence-electron chi connectivity index (χ4n) is 2.87. The molecule has 20 heavy (non-hydrogen) atoms. The van der Waals surface area contributed by atoms with Crippen molar-refractivity contribution < 1.29 is 0 Å². The Balaban J connectivity index is 2.15. The summed E-state index contributed by atoms with van der Waals surface area (Å²) in [6, 6.07) is 5.06. The number of likely N-dealkylation sites (tertiary alicyclic amines) is 1. The molecule has 1 aromatic rings. The molecule has 1 aliphatic heterocycles. The first kappa shape index (κ1) is 15.3. The van der Waals surface area contributed by atoms with E-state index in [0.717, 1.165) is 18.8 Å². The second kappa shape index (κ2) is 7.04. The van der Waals surface area contributed by atoms with Crippen molar-refractivity contribution >= 4 is 5.82 Å². The molecule has 1 aliphatic rings. The molecule has 1 N–H and O–H groups in total. The van der Waals surface area contributed by atoms with E-state index in [0.29, 0.717) is 6.04 Å². The van der Waals surface area contributed by atoms with Crippen LogP contribution in [0.25, 0.3) is 0 Å². The van der Waals surface area contributed by atoms with Crippen LogP contribution in [0.5, 0.6) is 0 Å². The fourth-order valence-corrected chi connectivity index (χ4v) is 2.87. The molecule has 0 saturated carbocycles. The van der Waals surface area contributed by atoms with Gasteiger partial charge in [0.1, 0.15) is 5.82 Å². The molecule has 112 valence electrons. The van der Waals surface area contributed by atoms with Crippen molar-refractivity contribution in [2.45, 2.75) is 38.8 Å². The second-order valence-electron chi connectivity index (χ2n) is 5.85. The normalized spacial score (nSPS) is 17.4. The zero-order chi connectivity index (χ0) is 14.5.